The summed E-state index contributed by atoms with van der Waals surface area (Å²) in [6, 6.07) is 7.89. The lowest BCUT2D eigenvalue weighted by atomic mass is 10.1. The molecule has 0 saturated carbocycles. The van der Waals surface area contributed by atoms with Crippen molar-refractivity contribution in [3.8, 4) is 5.75 Å². The van der Waals surface area contributed by atoms with Crippen LogP contribution >= 0.6 is 0 Å². The summed E-state index contributed by atoms with van der Waals surface area (Å²) >= 11 is 0. The van der Waals surface area contributed by atoms with Crippen LogP contribution in [-0.2, 0) is 20.7 Å². The fourth-order valence-corrected chi connectivity index (χ4v) is 2.22. The number of hydrogen-bond donors (Lipinski definition) is 1. The van der Waals surface area contributed by atoms with Crippen molar-refractivity contribution >= 4 is 11.9 Å². The molecule has 0 aliphatic heterocycles. The molecule has 1 aromatic rings. The van der Waals surface area contributed by atoms with E-state index in [1.54, 1.807) is 0 Å². The van der Waals surface area contributed by atoms with Crippen LogP contribution in [0, 0.1) is 0 Å². The number of benzene rings is 1. The van der Waals surface area contributed by atoms with Gasteiger partial charge in [0.05, 0.1) is 6.61 Å². The van der Waals surface area contributed by atoms with Crippen LogP contribution < -0.4 is 10.5 Å². The number of carbonyl (C=O) groups excluding carboxylic acids is 2. The molecule has 1 rings (SSSR count). The highest BCUT2D eigenvalue weighted by Crippen LogP contribution is 2.16. The third-order valence-corrected chi connectivity index (χ3v) is 3.25. The zero-order valence-electron chi connectivity index (χ0n) is 15.0. The Morgan fingerprint density at radius 2 is 1.83 bits per heavy atom. The number of hydrogen-bond acceptors (Lipinski definition) is 4. The van der Waals surface area contributed by atoms with E-state index in [-0.39, 0.29) is 11.9 Å². The van der Waals surface area contributed by atoms with Crippen molar-refractivity contribution in [1.29, 1.82) is 0 Å². The average molecular weight is 335 g/mol. The molecule has 0 bridgehead atoms. The second-order valence-electron chi connectivity index (χ2n) is 6.86. The standard InChI is InChI=1S/C19H29NO4/c1-19(2,3)24-18(22)12-5-4-8-15-9-6-10-16(14-15)23-13-7-11-17(20)21/h6,9-10,14H,4-5,7-8,11-13H2,1-3H3,(H2,20,21). The predicted molar refractivity (Wildman–Crippen MR) is 93.8 cm³/mol. The van der Waals surface area contributed by atoms with E-state index in [0.717, 1.165) is 25.0 Å². The normalized spacial score (nSPS) is 11.1. The molecule has 5 nitrogen and oxygen atoms in total. The molecular formula is C19H29NO4. The van der Waals surface area contributed by atoms with Gasteiger partial charge in [-0.05, 0) is 64.2 Å². The highest BCUT2D eigenvalue weighted by atomic mass is 16.6. The number of esters is 1. The minimum absolute atomic E-state index is 0.144. The molecule has 0 atom stereocenters. The Labute approximate surface area is 144 Å². The molecule has 2 N–H and O–H groups in total. The highest BCUT2D eigenvalue weighted by molar-refractivity contribution is 5.73. The maximum Gasteiger partial charge on any atom is 0.306 e. The molecule has 5 heteroatoms. The minimum atomic E-state index is -0.419. The summed E-state index contributed by atoms with van der Waals surface area (Å²) in [5, 5.41) is 0. The second-order valence-corrected chi connectivity index (χ2v) is 6.86. The van der Waals surface area contributed by atoms with E-state index in [0.29, 0.717) is 25.9 Å². The maximum absolute atomic E-state index is 11.6. The van der Waals surface area contributed by atoms with Crippen LogP contribution in [0.4, 0.5) is 0 Å². The Morgan fingerprint density at radius 3 is 2.50 bits per heavy atom. The summed E-state index contributed by atoms with van der Waals surface area (Å²) in [5.41, 5.74) is 5.85. The van der Waals surface area contributed by atoms with E-state index < -0.39 is 5.60 Å². The van der Waals surface area contributed by atoms with Gasteiger partial charge in [-0.1, -0.05) is 12.1 Å². The first-order valence-corrected chi connectivity index (χ1v) is 8.48. The molecule has 0 aliphatic rings. The first-order chi connectivity index (χ1) is 11.3. The number of rotatable bonds is 10. The van der Waals surface area contributed by atoms with Gasteiger partial charge in [0.25, 0.3) is 0 Å². The van der Waals surface area contributed by atoms with Crippen molar-refractivity contribution in [3.05, 3.63) is 29.8 Å². The van der Waals surface area contributed by atoms with Crippen LogP contribution in [0.15, 0.2) is 24.3 Å². The van der Waals surface area contributed by atoms with Crippen molar-refractivity contribution in [3.63, 3.8) is 0 Å². The van der Waals surface area contributed by atoms with Crippen molar-refractivity contribution in [1.82, 2.24) is 0 Å². The van der Waals surface area contributed by atoms with Gasteiger partial charge < -0.3 is 15.2 Å². The fraction of sp³-hybridized carbons (Fsp3) is 0.579. The summed E-state index contributed by atoms with van der Waals surface area (Å²) in [7, 11) is 0. The zero-order valence-corrected chi connectivity index (χ0v) is 15.0. The molecule has 1 aromatic carbocycles. The number of unbranched alkanes of at least 4 members (excludes halogenated alkanes) is 1. The zero-order chi connectivity index (χ0) is 18.0. The molecule has 0 fully saturated rings. The summed E-state index contributed by atoms with van der Waals surface area (Å²) in [6.07, 6.45) is 4.02. The topological polar surface area (TPSA) is 78.6 Å². The van der Waals surface area contributed by atoms with Crippen LogP contribution in [0.2, 0.25) is 0 Å². The fourth-order valence-electron chi connectivity index (χ4n) is 2.22. The van der Waals surface area contributed by atoms with Crippen molar-refractivity contribution in [2.24, 2.45) is 5.73 Å². The minimum Gasteiger partial charge on any atom is -0.494 e. The van der Waals surface area contributed by atoms with E-state index in [1.807, 2.05) is 45.0 Å². The second kappa shape index (κ2) is 9.96. The largest absolute Gasteiger partial charge is 0.494 e. The van der Waals surface area contributed by atoms with Gasteiger partial charge in [-0.15, -0.1) is 0 Å². The highest BCUT2D eigenvalue weighted by Gasteiger charge is 2.15. The molecule has 0 spiro atoms. The quantitative estimate of drug-likeness (QED) is 0.525. The van der Waals surface area contributed by atoms with Crippen LogP contribution in [-0.4, -0.2) is 24.1 Å². The van der Waals surface area contributed by atoms with Gasteiger partial charge >= 0.3 is 5.97 Å². The third kappa shape index (κ3) is 9.87. The summed E-state index contributed by atoms with van der Waals surface area (Å²) in [6.45, 7) is 6.10. The van der Waals surface area contributed by atoms with Crippen molar-refractivity contribution in [2.75, 3.05) is 6.61 Å². The van der Waals surface area contributed by atoms with Gasteiger partial charge in [0, 0.05) is 12.8 Å². The van der Waals surface area contributed by atoms with E-state index in [9.17, 15) is 9.59 Å². The Bertz CT molecular complexity index is 534. The predicted octanol–water partition coefficient (Wildman–Crippen LogP) is 3.39. The number of ether oxygens (including phenoxy) is 2. The first kappa shape index (κ1) is 20.0. The molecule has 0 heterocycles. The maximum atomic E-state index is 11.6. The molecule has 0 unspecified atom stereocenters. The molecule has 0 radical (unpaired) electrons. The Kier molecular flexibility index (Phi) is 8.30. The molecule has 134 valence electrons. The summed E-state index contributed by atoms with van der Waals surface area (Å²) < 4.78 is 10.9. The van der Waals surface area contributed by atoms with E-state index in [2.05, 4.69) is 0 Å². The molecule has 0 saturated heterocycles. The van der Waals surface area contributed by atoms with Crippen LogP contribution in [0.25, 0.3) is 0 Å². The van der Waals surface area contributed by atoms with Gasteiger partial charge in [-0.25, -0.2) is 0 Å². The molecule has 24 heavy (non-hydrogen) atoms. The monoisotopic (exact) mass is 335 g/mol. The number of aryl methyl sites for hydroxylation is 1. The third-order valence-electron chi connectivity index (χ3n) is 3.25. The van der Waals surface area contributed by atoms with Crippen molar-refractivity contribution < 1.29 is 19.1 Å². The van der Waals surface area contributed by atoms with Gasteiger partial charge in [-0.2, -0.15) is 0 Å². The van der Waals surface area contributed by atoms with Gasteiger partial charge in [0.15, 0.2) is 0 Å². The molecular weight excluding hydrogens is 306 g/mol. The molecule has 0 aromatic heterocycles. The Hall–Kier alpha value is -2.04. The summed E-state index contributed by atoms with van der Waals surface area (Å²) in [5.74, 6) is 0.343. The van der Waals surface area contributed by atoms with Crippen LogP contribution in [0.5, 0.6) is 5.75 Å². The van der Waals surface area contributed by atoms with Gasteiger partial charge in [-0.3, -0.25) is 9.59 Å². The molecule has 1 amide bonds. The van der Waals surface area contributed by atoms with E-state index in [1.165, 1.54) is 5.56 Å². The average Bonchev–Trinajstić information content (AvgIpc) is 2.47. The lowest BCUT2D eigenvalue weighted by Crippen LogP contribution is -2.23. The Morgan fingerprint density at radius 1 is 1.08 bits per heavy atom. The SMILES string of the molecule is CC(C)(C)OC(=O)CCCCc1cccc(OCCCC(N)=O)c1. The summed E-state index contributed by atoms with van der Waals surface area (Å²) in [4.78, 5) is 22.3. The smallest absolute Gasteiger partial charge is 0.306 e. The first-order valence-electron chi connectivity index (χ1n) is 8.48. The molecule has 0 aliphatic carbocycles. The number of primary amides is 1. The number of nitrogens with two attached hydrogens (primary N) is 1. The van der Waals surface area contributed by atoms with Crippen molar-refractivity contribution in [2.45, 2.75) is 64.9 Å². The lowest BCUT2D eigenvalue weighted by molar-refractivity contribution is -0.154. The van der Waals surface area contributed by atoms with Gasteiger partial charge in [0.2, 0.25) is 5.91 Å². The number of carbonyl (C=O) groups is 2. The number of amides is 1. The van der Waals surface area contributed by atoms with Crippen LogP contribution in [0.1, 0.15) is 58.4 Å². The van der Waals surface area contributed by atoms with Gasteiger partial charge in [0.1, 0.15) is 11.4 Å². The lowest BCUT2D eigenvalue weighted by Gasteiger charge is -2.19. The van der Waals surface area contributed by atoms with Crippen LogP contribution in [0.3, 0.4) is 0 Å². The van der Waals surface area contributed by atoms with E-state index >= 15 is 0 Å². The Balaban J connectivity index is 2.27. The van der Waals surface area contributed by atoms with E-state index in [4.69, 9.17) is 15.2 Å².